The monoisotopic (exact) mass is 586 g/mol. The van der Waals surface area contributed by atoms with Gasteiger partial charge in [0.05, 0.1) is 10.6 Å². The van der Waals surface area contributed by atoms with Gasteiger partial charge < -0.3 is 5.32 Å². The Balaban J connectivity index is 2.35. The summed E-state index contributed by atoms with van der Waals surface area (Å²) in [5.74, 6) is -3.11. The maximum Gasteiger partial charge on any atom is 0.336 e. The fraction of sp³-hybridized carbons (Fsp3) is 0.0625. The van der Waals surface area contributed by atoms with Crippen molar-refractivity contribution >= 4 is 62.5 Å². The van der Waals surface area contributed by atoms with Gasteiger partial charge >= 0.3 is 5.92 Å². The van der Waals surface area contributed by atoms with Crippen LogP contribution in [-0.2, 0) is 5.92 Å². The van der Waals surface area contributed by atoms with Crippen molar-refractivity contribution in [1.82, 2.24) is 0 Å². The number of nitrogens with one attached hydrogen (secondary N) is 1. The number of anilines is 1. The second-order valence-corrected chi connectivity index (χ2v) is 7.19. The largest absolute Gasteiger partial charge is 0.336 e. The predicted molar refractivity (Wildman–Crippen MR) is 106 cm³/mol. The molecule has 1 amide bonds. The van der Waals surface area contributed by atoms with E-state index in [-0.39, 0.29) is 24.1 Å². The third-order valence-corrected chi connectivity index (χ3v) is 4.87. The van der Waals surface area contributed by atoms with E-state index in [0.29, 0.717) is 6.17 Å². The van der Waals surface area contributed by atoms with Crippen LogP contribution in [0.15, 0.2) is 36.4 Å². The molecule has 2 aromatic carbocycles. The van der Waals surface area contributed by atoms with Gasteiger partial charge in [0.2, 0.25) is 0 Å². The third-order valence-electron chi connectivity index (χ3n) is 3.17. The first-order chi connectivity index (χ1) is 12.2. The van der Waals surface area contributed by atoms with E-state index in [1.54, 1.807) is 45.2 Å². The molecule has 0 saturated heterocycles. The summed E-state index contributed by atoms with van der Waals surface area (Å²) in [6.45, 7) is 0. The van der Waals surface area contributed by atoms with E-state index in [0.717, 1.165) is 18.2 Å². The van der Waals surface area contributed by atoms with E-state index < -0.39 is 22.3 Å². The van der Waals surface area contributed by atoms with Crippen molar-refractivity contribution in [2.75, 3.05) is 5.32 Å². The van der Waals surface area contributed by atoms with Gasteiger partial charge in [0.15, 0.2) is 0 Å². The number of carbonyl (C=O) groups excluding carboxylic acids is 1. The van der Waals surface area contributed by atoms with E-state index in [4.69, 9.17) is 0 Å². The highest BCUT2D eigenvalue weighted by Crippen LogP contribution is 2.34. The fourth-order valence-corrected chi connectivity index (χ4v) is 3.99. The maximum atomic E-state index is 13.7. The van der Waals surface area contributed by atoms with Gasteiger partial charge in [-0.05, 0) is 63.4 Å². The Kier molecular flexibility index (Phi) is 6.45. The second-order valence-electron chi connectivity index (χ2n) is 4.87. The van der Waals surface area contributed by atoms with Crippen molar-refractivity contribution in [2.45, 2.75) is 5.92 Å². The molecule has 0 saturated carbocycles. The molecule has 1 N–H and O–H groups in total. The summed E-state index contributed by atoms with van der Waals surface area (Å²) in [6, 6.07) is 7.26. The standard InChI is InChI=1S/C16H7F3I2N2O3/c17-5-4-16(18,19)10-7-12(20)14(13(21)8-10)22-15(24)9-2-1-3-11(6-9)23(25)26/h1-3,6-8H,(H,22,24). The topological polar surface area (TPSA) is 72.2 Å². The lowest BCUT2D eigenvalue weighted by Crippen LogP contribution is -2.16. The van der Waals surface area contributed by atoms with Crippen LogP contribution in [0.3, 0.4) is 0 Å². The number of carbonyl (C=O) groups is 1. The highest BCUT2D eigenvalue weighted by atomic mass is 127. The first-order valence-electron chi connectivity index (χ1n) is 6.71. The number of nitro groups is 1. The summed E-state index contributed by atoms with van der Waals surface area (Å²) in [4.78, 5) is 22.5. The van der Waals surface area contributed by atoms with Gasteiger partial charge in [0.25, 0.3) is 11.6 Å². The van der Waals surface area contributed by atoms with Crippen molar-refractivity contribution < 1.29 is 22.9 Å². The van der Waals surface area contributed by atoms with Gasteiger partial charge in [-0.1, -0.05) is 6.07 Å². The second kappa shape index (κ2) is 8.21. The van der Waals surface area contributed by atoms with E-state index in [1.165, 1.54) is 24.1 Å². The molecule has 26 heavy (non-hydrogen) atoms. The van der Waals surface area contributed by atoms with Crippen LogP contribution < -0.4 is 5.32 Å². The van der Waals surface area contributed by atoms with Gasteiger partial charge in [0.1, 0.15) is 6.17 Å². The molecule has 0 aliphatic rings. The number of nitrogens with zero attached hydrogens (tertiary/aromatic N) is 1. The van der Waals surface area contributed by atoms with Crippen molar-refractivity contribution in [2.24, 2.45) is 0 Å². The lowest BCUT2D eigenvalue weighted by molar-refractivity contribution is -0.384. The molecule has 0 aliphatic heterocycles. The molecule has 134 valence electrons. The van der Waals surface area contributed by atoms with Gasteiger partial charge in [-0.15, -0.1) is 4.39 Å². The SMILES string of the molecule is O=C(Nc1c(I)cc(C(F)(F)C#CF)cc1I)c1cccc([N+](=O)[O-])c1. The number of non-ortho nitro benzene ring substituents is 1. The highest BCUT2D eigenvalue weighted by Gasteiger charge is 2.31. The van der Waals surface area contributed by atoms with Crippen LogP contribution in [0.5, 0.6) is 0 Å². The van der Waals surface area contributed by atoms with E-state index in [2.05, 4.69) is 5.32 Å². The minimum atomic E-state index is -3.67. The van der Waals surface area contributed by atoms with Crippen LogP contribution in [0, 0.1) is 29.3 Å². The normalized spacial score (nSPS) is 10.7. The summed E-state index contributed by atoms with van der Waals surface area (Å²) in [7, 11) is 0. The lowest BCUT2D eigenvalue weighted by Gasteiger charge is -2.15. The Morgan fingerprint density at radius 1 is 1.19 bits per heavy atom. The van der Waals surface area contributed by atoms with Crippen LogP contribution in [0.2, 0.25) is 0 Å². The molecule has 2 aromatic rings. The number of amides is 1. The zero-order chi connectivity index (χ0) is 19.5. The molecule has 0 aliphatic carbocycles. The molecule has 0 fully saturated rings. The van der Waals surface area contributed by atoms with Crippen LogP contribution in [0.4, 0.5) is 24.5 Å². The Bertz CT molecular complexity index is 932. The van der Waals surface area contributed by atoms with Crippen molar-refractivity contribution in [3.63, 3.8) is 0 Å². The lowest BCUT2D eigenvalue weighted by atomic mass is 10.1. The summed E-state index contributed by atoms with van der Waals surface area (Å²) in [5, 5.41) is 13.3. The summed E-state index contributed by atoms with van der Waals surface area (Å²) in [5.41, 5.74) is -0.453. The number of nitro benzene ring substituents is 1. The molecule has 0 spiro atoms. The van der Waals surface area contributed by atoms with Gasteiger partial charge in [0, 0.05) is 36.3 Å². The Morgan fingerprint density at radius 2 is 1.81 bits per heavy atom. The van der Waals surface area contributed by atoms with E-state index in [9.17, 15) is 28.1 Å². The van der Waals surface area contributed by atoms with Gasteiger partial charge in [-0.3, -0.25) is 14.9 Å². The molecule has 0 heterocycles. The molecule has 10 heteroatoms. The number of halogens is 5. The number of alkyl halides is 2. The zero-order valence-corrected chi connectivity index (χ0v) is 16.8. The summed E-state index contributed by atoms with van der Waals surface area (Å²) in [6.07, 6.45) is 0.698. The van der Waals surface area contributed by atoms with E-state index in [1.807, 2.05) is 0 Å². The molecule has 0 aromatic heterocycles. The first-order valence-corrected chi connectivity index (χ1v) is 8.87. The summed E-state index contributed by atoms with van der Waals surface area (Å²) >= 11 is 3.49. The highest BCUT2D eigenvalue weighted by molar-refractivity contribution is 14.1. The van der Waals surface area contributed by atoms with Gasteiger partial charge in [-0.25, -0.2) is 0 Å². The minimum absolute atomic E-state index is 0.0449. The first kappa shape index (κ1) is 20.4. The van der Waals surface area contributed by atoms with E-state index >= 15 is 0 Å². The molecular formula is C16H7F3I2N2O3. The molecule has 5 nitrogen and oxygen atoms in total. The Morgan fingerprint density at radius 3 is 2.35 bits per heavy atom. The third kappa shape index (κ3) is 4.64. The van der Waals surface area contributed by atoms with Crippen LogP contribution in [0.25, 0.3) is 0 Å². The molecular weight excluding hydrogens is 579 g/mol. The smallest absolute Gasteiger partial charge is 0.320 e. The molecule has 0 unspecified atom stereocenters. The Labute approximate surface area is 172 Å². The number of rotatable bonds is 4. The molecule has 2 rings (SSSR count). The van der Waals surface area contributed by atoms with Crippen molar-refractivity contribution in [1.29, 1.82) is 0 Å². The maximum absolute atomic E-state index is 13.7. The van der Waals surface area contributed by atoms with Crippen LogP contribution in [0.1, 0.15) is 15.9 Å². The molecule has 0 radical (unpaired) electrons. The quantitative estimate of drug-likeness (QED) is 0.235. The van der Waals surface area contributed by atoms with Crippen LogP contribution in [-0.4, -0.2) is 10.8 Å². The average molecular weight is 586 g/mol. The Hall–Kier alpha value is -1.88. The number of hydrogen-bond acceptors (Lipinski definition) is 3. The number of benzene rings is 2. The molecule has 0 atom stereocenters. The predicted octanol–water partition coefficient (Wildman–Crippen LogP) is 5.08. The number of hydrogen-bond donors (Lipinski definition) is 1. The van der Waals surface area contributed by atoms with Crippen molar-refractivity contribution in [3.05, 3.63) is 64.8 Å². The van der Waals surface area contributed by atoms with Gasteiger partial charge in [-0.2, -0.15) is 8.78 Å². The average Bonchev–Trinajstić information content (AvgIpc) is 2.57. The zero-order valence-electron chi connectivity index (χ0n) is 12.5. The minimum Gasteiger partial charge on any atom is -0.320 e. The molecule has 0 bridgehead atoms. The van der Waals surface area contributed by atoms with Crippen molar-refractivity contribution in [3.8, 4) is 12.1 Å². The summed E-state index contributed by atoms with van der Waals surface area (Å²) < 4.78 is 40.0. The fourth-order valence-electron chi connectivity index (χ4n) is 1.95. The van der Waals surface area contributed by atoms with Crippen LogP contribution >= 0.6 is 45.2 Å².